The van der Waals surface area contributed by atoms with Crippen LogP contribution < -0.4 is 14.2 Å². The van der Waals surface area contributed by atoms with Gasteiger partial charge in [0, 0.05) is 23.0 Å². The average Bonchev–Trinajstić information content (AvgIpc) is 2.76. The summed E-state index contributed by atoms with van der Waals surface area (Å²) in [6, 6.07) is 32.7. The van der Waals surface area contributed by atoms with Gasteiger partial charge in [-0.05, 0) is 36.4 Å². The smallest absolute Gasteiger partial charge is 0.138 e. The molecule has 0 saturated carbocycles. The fraction of sp³-hybridized carbons (Fsp3) is 0.0400. The van der Waals surface area contributed by atoms with Crippen molar-refractivity contribution in [3.8, 4) is 34.5 Å². The zero-order valence-electron chi connectivity index (χ0n) is 15.6. The van der Waals surface area contributed by atoms with Gasteiger partial charge in [0.2, 0.25) is 0 Å². The molecule has 3 nitrogen and oxygen atoms in total. The van der Waals surface area contributed by atoms with E-state index in [-0.39, 0.29) is 0 Å². The molecule has 0 aromatic heterocycles. The van der Waals surface area contributed by atoms with Crippen LogP contribution in [0.25, 0.3) is 0 Å². The standard InChI is InChI=1S/C25H19BrO3/c26-18-23-24(28-20-12-6-2-7-13-20)16-22(27-19-10-4-1-5-11-19)17-25(23)29-21-14-8-3-9-15-21/h1-17H,18H2. The van der Waals surface area contributed by atoms with Crippen LogP contribution >= 0.6 is 15.9 Å². The van der Waals surface area contributed by atoms with Crippen molar-refractivity contribution in [3.05, 3.63) is 109 Å². The molecule has 0 heterocycles. The van der Waals surface area contributed by atoms with Crippen LogP contribution in [0.2, 0.25) is 0 Å². The first-order valence-corrected chi connectivity index (χ1v) is 10.4. The van der Waals surface area contributed by atoms with E-state index in [0.717, 1.165) is 22.8 Å². The molecule has 0 amide bonds. The fourth-order valence-electron chi connectivity index (χ4n) is 2.82. The first kappa shape index (κ1) is 19.1. The maximum absolute atomic E-state index is 6.17. The lowest BCUT2D eigenvalue weighted by Crippen LogP contribution is -1.96. The number of benzene rings is 4. The molecular weight excluding hydrogens is 428 g/mol. The fourth-order valence-corrected chi connectivity index (χ4v) is 3.38. The Hall–Kier alpha value is -3.24. The topological polar surface area (TPSA) is 27.7 Å². The van der Waals surface area contributed by atoms with E-state index in [1.807, 2.05) is 103 Å². The van der Waals surface area contributed by atoms with Gasteiger partial charge in [-0.1, -0.05) is 70.5 Å². The van der Waals surface area contributed by atoms with Gasteiger partial charge in [-0.15, -0.1) is 0 Å². The van der Waals surface area contributed by atoms with Crippen LogP contribution in [0.1, 0.15) is 5.56 Å². The Labute approximate surface area is 178 Å². The summed E-state index contributed by atoms with van der Waals surface area (Å²) in [4.78, 5) is 0. The minimum absolute atomic E-state index is 0.572. The number of alkyl halides is 1. The SMILES string of the molecule is BrCc1c(Oc2ccccc2)cc(Oc2ccccc2)cc1Oc1ccccc1. The lowest BCUT2D eigenvalue weighted by Gasteiger charge is -2.17. The molecule has 0 N–H and O–H groups in total. The molecular formula is C25H19BrO3. The summed E-state index contributed by atoms with van der Waals surface area (Å²) in [7, 11) is 0. The molecule has 0 aliphatic carbocycles. The van der Waals surface area contributed by atoms with E-state index in [9.17, 15) is 0 Å². The van der Waals surface area contributed by atoms with Gasteiger partial charge in [0.25, 0.3) is 0 Å². The summed E-state index contributed by atoms with van der Waals surface area (Å²) < 4.78 is 18.4. The molecule has 4 rings (SSSR count). The molecule has 0 saturated heterocycles. The third kappa shape index (κ3) is 4.98. The number of ether oxygens (including phenoxy) is 3. The number of para-hydroxylation sites is 3. The molecule has 0 radical (unpaired) electrons. The zero-order valence-corrected chi connectivity index (χ0v) is 17.2. The minimum atomic E-state index is 0.572. The average molecular weight is 447 g/mol. The Balaban J connectivity index is 1.74. The van der Waals surface area contributed by atoms with Crippen molar-refractivity contribution >= 4 is 15.9 Å². The van der Waals surface area contributed by atoms with Gasteiger partial charge in [-0.3, -0.25) is 0 Å². The van der Waals surface area contributed by atoms with E-state index in [0.29, 0.717) is 22.6 Å². The summed E-state index contributed by atoms with van der Waals surface area (Å²) >= 11 is 3.58. The third-order valence-electron chi connectivity index (χ3n) is 4.20. The van der Waals surface area contributed by atoms with Crippen LogP contribution in [-0.2, 0) is 5.33 Å². The normalized spacial score (nSPS) is 10.4. The van der Waals surface area contributed by atoms with E-state index >= 15 is 0 Å². The van der Waals surface area contributed by atoms with Crippen LogP contribution in [0.4, 0.5) is 0 Å². The first-order chi connectivity index (χ1) is 14.3. The molecule has 0 unspecified atom stereocenters. The minimum Gasteiger partial charge on any atom is -0.457 e. The highest BCUT2D eigenvalue weighted by atomic mass is 79.9. The zero-order chi connectivity index (χ0) is 19.9. The molecule has 0 aliphatic heterocycles. The molecule has 0 aliphatic rings. The highest BCUT2D eigenvalue weighted by Gasteiger charge is 2.16. The largest absolute Gasteiger partial charge is 0.457 e. The number of hydrogen-bond acceptors (Lipinski definition) is 3. The Morgan fingerprint density at radius 3 is 1.24 bits per heavy atom. The van der Waals surface area contributed by atoms with Crippen molar-refractivity contribution in [1.29, 1.82) is 0 Å². The summed E-state index contributed by atoms with van der Waals surface area (Å²) in [6.45, 7) is 0. The van der Waals surface area contributed by atoms with Crippen molar-refractivity contribution in [2.75, 3.05) is 0 Å². The molecule has 0 bridgehead atoms. The highest BCUT2D eigenvalue weighted by Crippen LogP contribution is 2.41. The van der Waals surface area contributed by atoms with E-state index in [1.54, 1.807) is 0 Å². The predicted octanol–water partition coefficient (Wildman–Crippen LogP) is 7.96. The summed E-state index contributed by atoms with van der Waals surface area (Å²) in [5, 5.41) is 0.572. The summed E-state index contributed by atoms with van der Waals surface area (Å²) in [6.07, 6.45) is 0. The van der Waals surface area contributed by atoms with E-state index in [4.69, 9.17) is 14.2 Å². The maximum Gasteiger partial charge on any atom is 0.138 e. The second-order valence-electron chi connectivity index (χ2n) is 6.28. The highest BCUT2D eigenvalue weighted by molar-refractivity contribution is 9.08. The Bertz CT molecular complexity index is 989. The van der Waals surface area contributed by atoms with Crippen molar-refractivity contribution in [2.24, 2.45) is 0 Å². The molecule has 144 valence electrons. The second-order valence-corrected chi connectivity index (χ2v) is 6.84. The maximum atomic E-state index is 6.17. The number of hydrogen-bond donors (Lipinski definition) is 0. The quantitative estimate of drug-likeness (QED) is 0.269. The van der Waals surface area contributed by atoms with Crippen LogP contribution in [0.15, 0.2) is 103 Å². The number of rotatable bonds is 7. The van der Waals surface area contributed by atoms with Gasteiger partial charge in [-0.25, -0.2) is 0 Å². The summed E-state index contributed by atoms with van der Waals surface area (Å²) in [5.41, 5.74) is 0.901. The lowest BCUT2D eigenvalue weighted by atomic mass is 10.2. The van der Waals surface area contributed by atoms with E-state index in [1.165, 1.54) is 0 Å². The van der Waals surface area contributed by atoms with Gasteiger partial charge in [0.15, 0.2) is 0 Å². The van der Waals surface area contributed by atoms with Crippen molar-refractivity contribution in [1.82, 2.24) is 0 Å². The molecule has 4 aromatic rings. The number of halogens is 1. The molecule has 0 atom stereocenters. The van der Waals surface area contributed by atoms with Crippen LogP contribution in [-0.4, -0.2) is 0 Å². The van der Waals surface area contributed by atoms with Crippen molar-refractivity contribution in [2.45, 2.75) is 5.33 Å². The Morgan fingerprint density at radius 1 is 0.483 bits per heavy atom. The van der Waals surface area contributed by atoms with Crippen LogP contribution in [0.5, 0.6) is 34.5 Å². The van der Waals surface area contributed by atoms with E-state index < -0.39 is 0 Å². The van der Waals surface area contributed by atoms with Crippen LogP contribution in [0.3, 0.4) is 0 Å². The van der Waals surface area contributed by atoms with Crippen molar-refractivity contribution in [3.63, 3.8) is 0 Å². The van der Waals surface area contributed by atoms with Gasteiger partial charge < -0.3 is 14.2 Å². The van der Waals surface area contributed by atoms with Gasteiger partial charge in [-0.2, -0.15) is 0 Å². The van der Waals surface area contributed by atoms with Crippen molar-refractivity contribution < 1.29 is 14.2 Å². The second kappa shape index (κ2) is 9.30. The van der Waals surface area contributed by atoms with Crippen LogP contribution in [0, 0.1) is 0 Å². The van der Waals surface area contributed by atoms with E-state index in [2.05, 4.69) is 15.9 Å². The predicted molar refractivity (Wildman–Crippen MR) is 119 cm³/mol. The first-order valence-electron chi connectivity index (χ1n) is 9.23. The third-order valence-corrected chi connectivity index (χ3v) is 4.76. The molecule has 0 fully saturated rings. The summed E-state index contributed by atoms with van der Waals surface area (Å²) in [5.74, 6) is 4.22. The molecule has 0 spiro atoms. The Kier molecular flexibility index (Phi) is 6.13. The lowest BCUT2D eigenvalue weighted by molar-refractivity contribution is 0.434. The monoisotopic (exact) mass is 446 g/mol. The molecule has 4 aromatic carbocycles. The van der Waals surface area contributed by atoms with Gasteiger partial charge >= 0.3 is 0 Å². The Morgan fingerprint density at radius 2 is 0.862 bits per heavy atom. The van der Waals surface area contributed by atoms with Gasteiger partial charge in [0.05, 0.1) is 0 Å². The molecule has 4 heteroatoms. The molecule has 29 heavy (non-hydrogen) atoms. The van der Waals surface area contributed by atoms with Gasteiger partial charge in [0.1, 0.15) is 34.5 Å².